The molecule has 1 fully saturated rings. The van der Waals surface area contributed by atoms with Crippen LogP contribution >= 0.6 is 0 Å². The molecule has 1 aliphatic carbocycles. The second-order valence-corrected chi connectivity index (χ2v) is 5.92. The van der Waals surface area contributed by atoms with E-state index >= 15 is 0 Å². The zero-order valence-corrected chi connectivity index (χ0v) is 12.4. The van der Waals surface area contributed by atoms with E-state index in [1.165, 1.54) is 0 Å². The van der Waals surface area contributed by atoms with Crippen molar-refractivity contribution >= 4 is 17.6 Å². The highest BCUT2D eigenvalue weighted by atomic mass is 16.4. The Hall–Kier alpha value is -1.91. The van der Waals surface area contributed by atoms with Crippen LogP contribution in [0.2, 0.25) is 0 Å². The summed E-state index contributed by atoms with van der Waals surface area (Å²) in [6.07, 6.45) is 8.33. The number of aromatic nitrogens is 1. The summed E-state index contributed by atoms with van der Waals surface area (Å²) in [6, 6.07) is 1.81. The molecule has 0 spiro atoms. The van der Waals surface area contributed by atoms with E-state index in [9.17, 15) is 14.7 Å². The standard InChI is InChI=1S/C16H22N2O3/c1-12-6-9-17-11-13(12)18-14(19)10-16(15(20)21)7-4-2-3-5-8-16/h6,9,11H,2-5,7-8,10H2,1H3,(H,18,19)(H,20,21). The predicted octanol–water partition coefficient (Wildman–Crippen LogP) is 3.14. The number of pyridine rings is 1. The van der Waals surface area contributed by atoms with Gasteiger partial charge in [-0.05, 0) is 31.4 Å². The highest BCUT2D eigenvalue weighted by molar-refractivity contribution is 5.94. The quantitative estimate of drug-likeness (QED) is 0.835. The Labute approximate surface area is 124 Å². The lowest BCUT2D eigenvalue weighted by Gasteiger charge is -2.27. The summed E-state index contributed by atoms with van der Waals surface area (Å²) in [4.78, 5) is 27.9. The number of amides is 1. The normalized spacial score (nSPS) is 17.8. The third-order valence-corrected chi connectivity index (χ3v) is 4.33. The molecule has 114 valence electrons. The number of anilines is 1. The van der Waals surface area contributed by atoms with Crippen LogP contribution in [0.1, 0.15) is 50.5 Å². The van der Waals surface area contributed by atoms with Crippen LogP contribution in [0, 0.1) is 12.3 Å². The summed E-state index contributed by atoms with van der Waals surface area (Å²) >= 11 is 0. The third-order valence-electron chi connectivity index (χ3n) is 4.33. The molecule has 0 saturated heterocycles. The van der Waals surface area contributed by atoms with Crippen molar-refractivity contribution in [2.45, 2.75) is 51.9 Å². The first-order valence-corrected chi connectivity index (χ1v) is 7.47. The average Bonchev–Trinajstić information content (AvgIpc) is 2.68. The molecule has 0 atom stereocenters. The number of hydrogen-bond donors (Lipinski definition) is 2. The second kappa shape index (κ2) is 6.70. The molecule has 1 heterocycles. The van der Waals surface area contributed by atoms with Gasteiger partial charge in [-0.1, -0.05) is 25.7 Å². The Morgan fingerprint density at radius 2 is 1.95 bits per heavy atom. The van der Waals surface area contributed by atoms with Crippen molar-refractivity contribution in [3.05, 3.63) is 24.0 Å². The Balaban J connectivity index is 2.08. The molecule has 0 aromatic carbocycles. The summed E-state index contributed by atoms with van der Waals surface area (Å²) in [6.45, 7) is 1.88. The van der Waals surface area contributed by atoms with Crippen molar-refractivity contribution in [1.29, 1.82) is 0 Å². The molecule has 21 heavy (non-hydrogen) atoms. The zero-order valence-electron chi connectivity index (χ0n) is 12.4. The van der Waals surface area contributed by atoms with Crippen LogP contribution in [0.15, 0.2) is 18.5 Å². The molecule has 1 aromatic rings. The monoisotopic (exact) mass is 290 g/mol. The zero-order chi connectivity index (χ0) is 15.3. The van der Waals surface area contributed by atoms with Gasteiger partial charge in [-0.2, -0.15) is 0 Å². The van der Waals surface area contributed by atoms with Crippen molar-refractivity contribution < 1.29 is 14.7 Å². The summed E-state index contributed by atoms with van der Waals surface area (Å²) in [7, 11) is 0. The fourth-order valence-corrected chi connectivity index (χ4v) is 2.97. The van der Waals surface area contributed by atoms with Gasteiger partial charge < -0.3 is 10.4 Å². The number of nitrogens with zero attached hydrogens (tertiary/aromatic N) is 1. The van der Waals surface area contributed by atoms with Crippen LogP contribution < -0.4 is 5.32 Å². The third kappa shape index (κ3) is 3.80. The Bertz CT molecular complexity index is 520. The summed E-state index contributed by atoms with van der Waals surface area (Å²) in [5.74, 6) is -1.09. The highest BCUT2D eigenvalue weighted by Crippen LogP contribution is 2.38. The van der Waals surface area contributed by atoms with E-state index in [1.807, 2.05) is 13.0 Å². The number of carboxylic acids is 1. The van der Waals surface area contributed by atoms with E-state index in [0.29, 0.717) is 18.5 Å². The SMILES string of the molecule is Cc1ccncc1NC(=O)CC1(C(=O)O)CCCCCC1. The van der Waals surface area contributed by atoms with E-state index in [0.717, 1.165) is 31.2 Å². The maximum Gasteiger partial charge on any atom is 0.310 e. The van der Waals surface area contributed by atoms with Crippen molar-refractivity contribution in [2.24, 2.45) is 5.41 Å². The summed E-state index contributed by atoms with van der Waals surface area (Å²) in [5, 5.41) is 12.4. The Morgan fingerprint density at radius 1 is 1.29 bits per heavy atom. The summed E-state index contributed by atoms with van der Waals surface area (Å²) in [5.41, 5.74) is 0.664. The smallest absolute Gasteiger partial charge is 0.310 e. The van der Waals surface area contributed by atoms with E-state index in [1.54, 1.807) is 12.4 Å². The molecule has 1 amide bonds. The van der Waals surface area contributed by atoms with E-state index in [2.05, 4.69) is 10.3 Å². The maximum atomic E-state index is 12.3. The van der Waals surface area contributed by atoms with E-state index in [4.69, 9.17) is 0 Å². The van der Waals surface area contributed by atoms with Gasteiger partial charge in [0.05, 0.1) is 17.3 Å². The van der Waals surface area contributed by atoms with Gasteiger partial charge in [-0.25, -0.2) is 0 Å². The minimum atomic E-state index is -0.906. The van der Waals surface area contributed by atoms with Crippen LogP contribution in [0.25, 0.3) is 0 Å². The van der Waals surface area contributed by atoms with Crippen LogP contribution in [0.5, 0.6) is 0 Å². The van der Waals surface area contributed by atoms with Crippen LogP contribution in [-0.4, -0.2) is 22.0 Å². The fraction of sp³-hybridized carbons (Fsp3) is 0.562. The molecular formula is C16H22N2O3. The molecule has 2 N–H and O–H groups in total. The number of aryl methyl sites for hydroxylation is 1. The molecule has 1 aromatic heterocycles. The summed E-state index contributed by atoms with van der Waals surface area (Å²) < 4.78 is 0. The van der Waals surface area contributed by atoms with Crippen molar-refractivity contribution in [1.82, 2.24) is 4.98 Å². The molecule has 2 rings (SSSR count). The van der Waals surface area contributed by atoms with Gasteiger partial charge in [0.1, 0.15) is 0 Å². The first kappa shape index (κ1) is 15.5. The van der Waals surface area contributed by atoms with Gasteiger partial charge >= 0.3 is 5.97 Å². The van der Waals surface area contributed by atoms with Gasteiger partial charge in [0.15, 0.2) is 0 Å². The van der Waals surface area contributed by atoms with Gasteiger partial charge in [-0.3, -0.25) is 14.6 Å². The minimum absolute atomic E-state index is 0.0384. The van der Waals surface area contributed by atoms with Crippen molar-refractivity contribution in [3.8, 4) is 0 Å². The van der Waals surface area contributed by atoms with Gasteiger partial charge in [0.2, 0.25) is 5.91 Å². The first-order chi connectivity index (χ1) is 10.0. The topological polar surface area (TPSA) is 79.3 Å². The number of aliphatic carboxylic acids is 1. The molecule has 0 aliphatic heterocycles. The number of carboxylic acid groups (broad SMARTS) is 1. The largest absolute Gasteiger partial charge is 0.481 e. The van der Waals surface area contributed by atoms with Crippen LogP contribution in [-0.2, 0) is 9.59 Å². The number of carbonyl (C=O) groups is 2. The van der Waals surface area contributed by atoms with Crippen LogP contribution in [0.4, 0.5) is 5.69 Å². The second-order valence-electron chi connectivity index (χ2n) is 5.92. The lowest BCUT2D eigenvalue weighted by molar-refractivity contribution is -0.152. The minimum Gasteiger partial charge on any atom is -0.481 e. The highest BCUT2D eigenvalue weighted by Gasteiger charge is 2.40. The van der Waals surface area contributed by atoms with Crippen molar-refractivity contribution in [2.75, 3.05) is 5.32 Å². The van der Waals surface area contributed by atoms with Gasteiger partial charge in [-0.15, -0.1) is 0 Å². The number of nitrogens with one attached hydrogen (secondary N) is 1. The van der Waals surface area contributed by atoms with Crippen LogP contribution in [0.3, 0.4) is 0 Å². The molecule has 0 bridgehead atoms. The van der Waals surface area contributed by atoms with Crippen molar-refractivity contribution in [3.63, 3.8) is 0 Å². The van der Waals surface area contributed by atoms with Gasteiger partial charge in [0, 0.05) is 12.6 Å². The molecule has 0 unspecified atom stereocenters. The molecule has 5 nitrogen and oxygen atoms in total. The molecule has 0 radical (unpaired) electrons. The number of rotatable bonds is 4. The fourth-order valence-electron chi connectivity index (χ4n) is 2.97. The number of carbonyl (C=O) groups excluding carboxylic acids is 1. The van der Waals surface area contributed by atoms with E-state index in [-0.39, 0.29) is 12.3 Å². The maximum absolute atomic E-state index is 12.3. The Morgan fingerprint density at radius 3 is 2.52 bits per heavy atom. The molecule has 1 aliphatic rings. The molecular weight excluding hydrogens is 268 g/mol. The molecule has 5 heteroatoms. The van der Waals surface area contributed by atoms with E-state index < -0.39 is 11.4 Å². The molecule has 1 saturated carbocycles. The first-order valence-electron chi connectivity index (χ1n) is 7.47. The number of hydrogen-bond acceptors (Lipinski definition) is 3. The Kier molecular flexibility index (Phi) is 4.94. The average molecular weight is 290 g/mol. The van der Waals surface area contributed by atoms with Gasteiger partial charge in [0.25, 0.3) is 0 Å². The predicted molar refractivity (Wildman–Crippen MR) is 80.0 cm³/mol. The lowest BCUT2D eigenvalue weighted by Crippen LogP contribution is -2.35. The lowest BCUT2D eigenvalue weighted by atomic mass is 9.77.